The van der Waals surface area contributed by atoms with Crippen LogP contribution in [-0.4, -0.2) is 27.5 Å². The Bertz CT molecular complexity index is 894. The van der Waals surface area contributed by atoms with E-state index in [0.29, 0.717) is 5.92 Å². The fourth-order valence-corrected chi connectivity index (χ4v) is 4.80. The van der Waals surface area contributed by atoms with Crippen LogP contribution in [0.25, 0.3) is 21.3 Å². The molecule has 0 aliphatic heterocycles. The highest BCUT2D eigenvalue weighted by molar-refractivity contribution is 7.18. The molecule has 1 aliphatic rings. The highest BCUT2D eigenvalue weighted by atomic mass is 32.1. The van der Waals surface area contributed by atoms with Crippen molar-refractivity contribution in [1.29, 1.82) is 0 Å². The van der Waals surface area contributed by atoms with Crippen molar-refractivity contribution in [2.75, 3.05) is 7.05 Å². The van der Waals surface area contributed by atoms with Crippen LogP contribution in [0.3, 0.4) is 0 Å². The molecular formula is C21H24N4OS. The number of amides is 1. The SMILES string of the molecule is CNC(=O)C1CCC(Cn2ccnc2-c2cnc(-c3ccccc3)s2)CC1. The van der Waals surface area contributed by atoms with Crippen LogP contribution in [-0.2, 0) is 11.3 Å². The molecule has 27 heavy (non-hydrogen) atoms. The predicted molar refractivity (Wildman–Crippen MR) is 108 cm³/mol. The summed E-state index contributed by atoms with van der Waals surface area (Å²) in [5.41, 5.74) is 1.14. The molecule has 0 atom stereocenters. The van der Waals surface area contributed by atoms with Gasteiger partial charge in [0.25, 0.3) is 0 Å². The molecule has 6 heteroatoms. The lowest BCUT2D eigenvalue weighted by Crippen LogP contribution is -2.31. The van der Waals surface area contributed by atoms with Gasteiger partial charge in [-0.3, -0.25) is 4.79 Å². The first-order valence-corrected chi connectivity index (χ1v) is 10.3. The van der Waals surface area contributed by atoms with Crippen molar-refractivity contribution in [3.63, 3.8) is 0 Å². The van der Waals surface area contributed by atoms with Gasteiger partial charge in [0.15, 0.2) is 5.82 Å². The molecule has 1 aromatic carbocycles. The second-order valence-corrected chi connectivity index (χ2v) is 8.16. The summed E-state index contributed by atoms with van der Waals surface area (Å²) in [6.45, 7) is 0.953. The Labute approximate surface area is 163 Å². The summed E-state index contributed by atoms with van der Waals surface area (Å²) in [6, 6.07) is 10.3. The maximum Gasteiger partial charge on any atom is 0.222 e. The van der Waals surface area contributed by atoms with Gasteiger partial charge in [0, 0.05) is 43.7 Å². The Morgan fingerprint density at radius 1 is 1.19 bits per heavy atom. The van der Waals surface area contributed by atoms with Crippen molar-refractivity contribution in [3.05, 3.63) is 48.9 Å². The summed E-state index contributed by atoms with van der Waals surface area (Å²) in [5, 5.41) is 3.80. The third kappa shape index (κ3) is 3.95. The minimum absolute atomic E-state index is 0.184. The van der Waals surface area contributed by atoms with Crippen molar-refractivity contribution in [2.45, 2.75) is 32.2 Å². The second-order valence-electron chi connectivity index (χ2n) is 7.13. The molecule has 0 saturated heterocycles. The Morgan fingerprint density at radius 2 is 1.96 bits per heavy atom. The molecule has 1 amide bonds. The van der Waals surface area contributed by atoms with E-state index in [1.54, 1.807) is 18.4 Å². The van der Waals surface area contributed by atoms with Crippen LogP contribution < -0.4 is 5.32 Å². The van der Waals surface area contributed by atoms with E-state index in [9.17, 15) is 4.79 Å². The number of imidazole rings is 1. The van der Waals surface area contributed by atoms with E-state index >= 15 is 0 Å². The number of rotatable bonds is 5. The third-order valence-electron chi connectivity index (χ3n) is 5.38. The normalized spacial score (nSPS) is 19.7. The van der Waals surface area contributed by atoms with Gasteiger partial charge in [0.2, 0.25) is 5.91 Å². The Kier molecular flexibility index (Phi) is 5.34. The summed E-state index contributed by atoms with van der Waals surface area (Å²) in [4.78, 5) is 22.1. The minimum atomic E-state index is 0.184. The van der Waals surface area contributed by atoms with Crippen molar-refractivity contribution in [2.24, 2.45) is 11.8 Å². The summed E-state index contributed by atoms with van der Waals surface area (Å²) >= 11 is 1.68. The maximum atomic E-state index is 11.8. The average molecular weight is 381 g/mol. The molecule has 0 radical (unpaired) electrons. The molecule has 1 saturated carbocycles. The topological polar surface area (TPSA) is 59.8 Å². The van der Waals surface area contributed by atoms with Gasteiger partial charge in [0.1, 0.15) is 5.01 Å². The Morgan fingerprint density at radius 3 is 2.70 bits per heavy atom. The van der Waals surface area contributed by atoms with Gasteiger partial charge in [-0.2, -0.15) is 0 Å². The number of thiazole rings is 1. The van der Waals surface area contributed by atoms with Gasteiger partial charge in [-0.25, -0.2) is 9.97 Å². The van der Waals surface area contributed by atoms with E-state index in [4.69, 9.17) is 0 Å². The molecule has 2 aromatic heterocycles. The quantitative estimate of drug-likeness (QED) is 0.721. The van der Waals surface area contributed by atoms with Crippen molar-refractivity contribution >= 4 is 17.2 Å². The summed E-state index contributed by atoms with van der Waals surface area (Å²) in [5.74, 6) is 1.96. The van der Waals surface area contributed by atoms with Gasteiger partial charge >= 0.3 is 0 Å². The lowest BCUT2D eigenvalue weighted by molar-refractivity contribution is -0.125. The molecule has 3 aromatic rings. The van der Waals surface area contributed by atoms with Crippen LogP contribution in [0.1, 0.15) is 25.7 Å². The molecule has 0 spiro atoms. The minimum Gasteiger partial charge on any atom is -0.359 e. The zero-order chi connectivity index (χ0) is 18.6. The van der Waals surface area contributed by atoms with Crippen LogP contribution in [0.4, 0.5) is 0 Å². The average Bonchev–Trinajstić information content (AvgIpc) is 3.38. The van der Waals surface area contributed by atoms with E-state index < -0.39 is 0 Å². The monoisotopic (exact) mass is 380 g/mol. The highest BCUT2D eigenvalue weighted by Crippen LogP contribution is 2.34. The first kappa shape index (κ1) is 17.9. The van der Waals surface area contributed by atoms with E-state index in [0.717, 1.165) is 53.5 Å². The lowest BCUT2D eigenvalue weighted by atomic mass is 9.81. The highest BCUT2D eigenvalue weighted by Gasteiger charge is 2.26. The molecule has 4 rings (SSSR count). The number of hydrogen-bond donors (Lipinski definition) is 1. The van der Waals surface area contributed by atoms with Crippen LogP contribution >= 0.6 is 11.3 Å². The molecule has 5 nitrogen and oxygen atoms in total. The number of nitrogens with zero attached hydrogens (tertiary/aromatic N) is 3. The van der Waals surface area contributed by atoms with Crippen LogP contribution in [0.2, 0.25) is 0 Å². The number of carbonyl (C=O) groups is 1. The Hall–Kier alpha value is -2.47. The van der Waals surface area contributed by atoms with Gasteiger partial charge in [0.05, 0.1) is 4.88 Å². The zero-order valence-electron chi connectivity index (χ0n) is 15.5. The van der Waals surface area contributed by atoms with E-state index in [1.165, 1.54) is 0 Å². The smallest absolute Gasteiger partial charge is 0.222 e. The summed E-state index contributed by atoms with van der Waals surface area (Å²) in [6.07, 6.45) is 9.99. The number of carbonyl (C=O) groups excluding carboxylic acids is 1. The van der Waals surface area contributed by atoms with Crippen LogP contribution in [0.15, 0.2) is 48.9 Å². The number of aromatic nitrogens is 3. The van der Waals surface area contributed by atoms with E-state index in [1.807, 2.05) is 30.6 Å². The van der Waals surface area contributed by atoms with Gasteiger partial charge < -0.3 is 9.88 Å². The van der Waals surface area contributed by atoms with E-state index in [-0.39, 0.29) is 11.8 Å². The largest absolute Gasteiger partial charge is 0.359 e. The number of benzene rings is 1. The third-order valence-corrected chi connectivity index (χ3v) is 6.42. The fraction of sp³-hybridized carbons (Fsp3) is 0.381. The maximum absolute atomic E-state index is 11.8. The number of nitrogens with one attached hydrogen (secondary N) is 1. The van der Waals surface area contributed by atoms with Gasteiger partial charge in [-0.05, 0) is 31.6 Å². The lowest BCUT2D eigenvalue weighted by Gasteiger charge is -2.27. The number of hydrogen-bond acceptors (Lipinski definition) is 4. The molecule has 140 valence electrons. The standard InChI is InChI=1S/C21H24N4OS/c1-22-20(26)16-9-7-15(8-10-16)14-25-12-11-23-19(25)18-13-24-21(27-18)17-5-3-2-4-6-17/h2-6,11-13,15-16H,7-10,14H2,1H3,(H,22,26). The van der Waals surface area contributed by atoms with Crippen LogP contribution in [0, 0.1) is 11.8 Å². The molecule has 1 aliphatic carbocycles. The second kappa shape index (κ2) is 8.05. The van der Waals surface area contributed by atoms with E-state index in [2.05, 4.69) is 38.2 Å². The summed E-state index contributed by atoms with van der Waals surface area (Å²) in [7, 11) is 1.73. The zero-order valence-corrected chi connectivity index (χ0v) is 16.3. The molecule has 1 N–H and O–H groups in total. The molecule has 2 heterocycles. The van der Waals surface area contributed by atoms with Crippen molar-refractivity contribution in [3.8, 4) is 21.3 Å². The molecule has 0 unspecified atom stereocenters. The Balaban J connectivity index is 1.45. The van der Waals surface area contributed by atoms with Gasteiger partial charge in [-0.1, -0.05) is 30.3 Å². The fourth-order valence-electron chi connectivity index (χ4n) is 3.86. The van der Waals surface area contributed by atoms with Crippen molar-refractivity contribution in [1.82, 2.24) is 19.9 Å². The first-order valence-electron chi connectivity index (χ1n) is 9.49. The van der Waals surface area contributed by atoms with Crippen molar-refractivity contribution < 1.29 is 4.79 Å². The summed E-state index contributed by atoms with van der Waals surface area (Å²) < 4.78 is 2.24. The molecular weight excluding hydrogens is 356 g/mol. The van der Waals surface area contributed by atoms with Gasteiger partial charge in [-0.15, -0.1) is 11.3 Å². The van der Waals surface area contributed by atoms with Crippen LogP contribution in [0.5, 0.6) is 0 Å². The molecule has 1 fully saturated rings. The predicted octanol–water partition coefficient (Wildman–Crippen LogP) is 4.23. The molecule has 0 bridgehead atoms. The first-order chi connectivity index (χ1) is 13.2.